The van der Waals surface area contributed by atoms with Crippen LogP contribution < -0.4 is 14.8 Å². The molecule has 2 aromatic carbocycles. The zero-order valence-electron chi connectivity index (χ0n) is 18.5. The van der Waals surface area contributed by atoms with Gasteiger partial charge in [-0.1, -0.05) is 31.9 Å². The van der Waals surface area contributed by atoms with E-state index in [9.17, 15) is 9.59 Å². The number of aliphatic imine (C=N–C) groups is 1. The van der Waals surface area contributed by atoms with Crippen molar-refractivity contribution in [3.05, 3.63) is 54.8 Å². The maximum atomic E-state index is 12.5. The lowest BCUT2D eigenvalue weighted by molar-refractivity contribution is -0.145. The lowest BCUT2D eigenvalue weighted by Gasteiger charge is -2.12. The Hall–Kier alpha value is -2.30. The molecule has 0 aliphatic carbocycles. The van der Waals surface area contributed by atoms with Crippen molar-refractivity contribution in [3.63, 3.8) is 0 Å². The van der Waals surface area contributed by atoms with Gasteiger partial charge in [-0.15, -0.1) is 0 Å². The fourth-order valence-electron chi connectivity index (χ4n) is 3.00. The highest BCUT2D eigenvalue weighted by Crippen LogP contribution is 2.37. The molecule has 0 aromatic heterocycles. The number of carbonyl (C=O) groups excluding carboxylic acids is 2. The van der Waals surface area contributed by atoms with Crippen LogP contribution in [-0.2, 0) is 14.3 Å². The highest BCUT2D eigenvalue weighted by atomic mass is 79.9. The molecule has 1 heterocycles. The molecule has 33 heavy (non-hydrogen) atoms. The molecule has 1 fully saturated rings. The molecule has 1 aliphatic rings. The third-order valence-electron chi connectivity index (χ3n) is 4.52. The van der Waals surface area contributed by atoms with Crippen molar-refractivity contribution < 1.29 is 23.8 Å². The van der Waals surface area contributed by atoms with Crippen molar-refractivity contribution in [2.45, 2.75) is 20.8 Å². The number of amidine groups is 1. The van der Waals surface area contributed by atoms with E-state index in [2.05, 4.69) is 42.2 Å². The number of hydrogen-bond acceptors (Lipinski definition) is 7. The summed E-state index contributed by atoms with van der Waals surface area (Å²) in [7, 11) is 1.50. The zero-order valence-corrected chi connectivity index (χ0v) is 22.4. The molecule has 174 valence electrons. The number of thioether (sulfide) groups is 1. The summed E-state index contributed by atoms with van der Waals surface area (Å²) in [6.07, 6.45) is 1.74. The van der Waals surface area contributed by atoms with Crippen molar-refractivity contribution in [2.24, 2.45) is 4.99 Å². The molecule has 0 unspecified atom stereocenters. The summed E-state index contributed by atoms with van der Waals surface area (Å²) in [5.41, 5.74) is 3.62. The molecule has 0 bridgehead atoms. The van der Waals surface area contributed by atoms with Gasteiger partial charge in [0.2, 0.25) is 0 Å². The Morgan fingerprint density at radius 2 is 1.85 bits per heavy atom. The number of benzene rings is 2. The van der Waals surface area contributed by atoms with E-state index >= 15 is 0 Å². The van der Waals surface area contributed by atoms with Crippen LogP contribution in [-0.4, -0.2) is 37.4 Å². The predicted molar refractivity (Wildman–Crippen MR) is 137 cm³/mol. The Morgan fingerprint density at radius 1 is 1.15 bits per heavy atom. The molecule has 1 aliphatic heterocycles. The van der Waals surface area contributed by atoms with Crippen molar-refractivity contribution >= 4 is 72.4 Å². The van der Waals surface area contributed by atoms with Gasteiger partial charge in [-0.2, -0.15) is 0 Å². The maximum Gasteiger partial charge on any atom is 0.344 e. The van der Waals surface area contributed by atoms with E-state index in [-0.39, 0.29) is 19.1 Å². The van der Waals surface area contributed by atoms with Gasteiger partial charge in [-0.3, -0.25) is 4.79 Å². The summed E-state index contributed by atoms with van der Waals surface area (Å²) < 4.78 is 17.5. The average molecular weight is 598 g/mol. The average Bonchev–Trinajstić information content (AvgIpc) is 3.10. The largest absolute Gasteiger partial charge is 0.493 e. The minimum atomic E-state index is -0.469. The fourth-order valence-corrected chi connectivity index (χ4v) is 4.50. The van der Waals surface area contributed by atoms with Crippen LogP contribution >= 0.6 is 43.6 Å². The van der Waals surface area contributed by atoms with E-state index in [4.69, 9.17) is 14.2 Å². The highest BCUT2D eigenvalue weighted by Gasteiger charge is 2.24. The molecule has 7 nitrogen and oxygen atoms in total. The van der Waals surface area contributed by atoms with Gasteiger partial charge in [0.05, 0.1) is 24.3 Å². The van der Waals surface area contributed by atoms with Gasteiger partial charge in [0.1, 0.15) is 0 Å². The highest BCUT2D eigenvalue weighted by molar-refractivity contribution is 9.10. The van der Waals surface area contributed by atoms with E-state index in [1.54, 1.807) is 25.1 Å². The first kappa shape index (κ1) is 25.3. The van der Waals surface area contributed by atoms with Gasteiger partial charge in [-0.25, -0.2) is 9.79 Å². The molecule has 0 spiro atoms. The molecule has 10 heteroatoms. The normalized spacial score (nSPS) is 15.6. The molecule has 1 amide bonds. The van der Waals surface area contributed by atoms with Gasteiger partial charge < -0.3 is 19.5 Å². The van der Waals surface area contributed by atoms with E-state index in [0.717, 1.165) is 21.3 Å². The number of amides is 1. The first-order chi connectivity index (χ1) is 15.7. The number of halogens is 2. The predicted octanol–water partition coefficient (Wildman–Crippen LogP) is 5.67. The minimum Gasteiger partial charge on any atom is -0.493 e. The lowest BCUT2D eigenvalue weighted by atomic mass is 10.1. The van der Waals surface area contributed by atoms with Crippen LogP contribution in [0, 0.1) is 13.8 Å². The maximum absolute atomic E-state index is 12.5. The Kier molecular flexibility index (Phi) is 8.61. The molecular formula is C23H22Br2N2O5S. The summed E-state index contributed by atoms with van der Waals surface area (Å²) in [5.74, 6) is 0.0977. The number of nitrogens with one attached hydrogen (secondary N) is 1. The lowest BCUT2D eigenvalue weighted by Crippen LogP contribution is -2.19. The molecule has 1 N–H and O–H groups in total. The summed E-state index contributed by atoms with van der Waals surface area (Å²) in [6, 6.07) is 7.32. The van der Waals surface area contributed by atoms with Crippen LogP contribution in [0.2, 0.25) is 0 Å². The molecule has 0 atom stereocenters. The Labute approximate surface area is 213 Å². The third kappa shape index (κ3) is 6.39. The molecule has 1 saturated heterocycles. The topological polar surface area (TPSA) is 86.2 Å². The first-order valence-electron chi connectivity index (χ1n) is 9.94. The third-order valence-corrected chi connectivity index (χ3v) is 7.37. The zero-order chi connectivity index (χ0) is 24.1. The van der Waals surface area contributed by atoms with Crippen molar-refractivity contribution in [1.29, 1.82) is 0 Å². The van der Waals surface area contributed by atoms with Crippen molar-refractivity contribution in [3.8, 4) is 11.5 Å². The van der Waals surface area contributed by atoms with Crippen molar-refractivity contribution in [2.75, 3.05) is 20.3 Å². The van der Waals surface area contributed by atoms with Crippen LogP contribution in [0.3, 0.4) is 0 Å². The number of hydrogen-bond donors (Lipinski definition) is 1. The van der Waals surface area contributed by atoms with Gasteiger partial charge in [0.25, 0.3) is 5.91 Å². The Bertz CT molecular complexity index is 1140. The fraction of sp³-hybridized carbons (Fsp3) is 0.261. The molecule has 0 radical (unpaired) electrons. The Morgan fingerprint density at radius 3 is 2.48 bits per heavy atom. The number of rotatable bonds is 7. The first-order valence-corrected chi connectivity index (χ1v) is 12.3. The number of methoxy groups -OCH3 is 1. The van der Waals surface area contributed by atoms with Crippen LogP contribution in [0.15, 0.2) is 43.1 Å². The van der Waals surface area contributed by atoms with Gasteiger partial charge in [-0.05, 0) is 79.6 Å². The summed E-state index contributed by atoms with van der Waals surface area (Å²) in [5, 5.41) is 3.31. The van der Waals surface area contributed by atoms with E-state index < -0.39 is 5.97 Å². The number of aryl methyl sites for hydroxylation is 2. The molecule has 0 saturated carbocycles. The summed E-state index contributed by atoms with van der Waals surface area (Å²) in [4.78, 5) is 29.2. The second-order valence-electron chi connectivity index (χ2n) is 6.99. The van der Waals surface area contributed by atoms with Crippen LogP contribution in [0.25, 0.3) is 6.08 Å². The van der Waals surface area contributed by atoms with Gasteiger partial charge >= 0.3 is 5.97 Å². The van der Waals surface area contributed by atoms with Crippen LogP contribution in [0.1, 0.15) is 23.6 Å². The second kappa shape index (κ2) is 11.2. The van der Waals surface area contributed by atoms with Crippen LogP contribution in [0.5, 0.6) is 11.5 Å². The van der Waals surface area contributed by atoms with Gasteiger partial charge in [0.15, 0.2) is 23.3 Å². The molecule has 2 aromatic rings. The number of ether oxygens (including phenoxy) is 3. The van der Waals surface area contributed by atoms with Crippen molar-refractivity contribution in [1.82, 2.24) is 5.32 Å². The second-order valence-corrected chi connectivity index (χ2v) is 9.67. The van der Waals surface area contributed by atoms with E-state index in [1.165, 1.54) is 18.9 Å². The minimum absolute atomic E-state index is 0.232. The SMILES string of the molecule is CCOC(=O)COc1cc(Br)c(/C=C2\SC(=Nc3cc(C)c(Br)c(C)c3)NC2=O)cc1OC. The van der Waals surface area contributed by atoms with Crippen LogP contribution in [0.4, 0.5) is 5.69 Å². The summed E-state index contributed by atoms with van der Waals surface area (Å²) in [6.45, 7) is 5.77. The smallest absolute Gasteiger partial charge is 0.344 e. The monoisotopic (exact) mass is 596 g/mol. The number of esters is 1. The van der Waals surface area contributed by atoms with E-state index in [1.807, 2.05) is 26.0 Å². The number of nitrogens with zero attached hydrogens (tertiary/aromatic N) is 1. The van der Waals surface area contributed by atoms with E-state index in [0.29, 0.717) is 31.6 Å². The van der Waals surface area contributed by atoms with Gasteiger partial charge in [0, 0.05) is 8.95 Å². The molecule has 3 rings (SSSR count). The molecular weight excluding hydrogens is 576 g/mol. The number of carbonyl (C=O) groups is 2. The Balaban J connectivity index is 1.82. The standard InChI is InChI=1S/C23H22Br2N2O5S/c1-5-31-20(28)11-32-18-10-16(24)14(8-17(18)30-4)9-19-22(29)27-23(33-19)26-15-6-12(2)21(25)13(3)7-15/h6-10H,5,11H2,1-4H3,(H,26,27,29)/b19-9-. The quantitative estimate of drug-likeness (QED) is 0.327. The summed E-state index contributed by atoms with van der Waals surface area (Å²) >= 11 is 8.30.